The number of carbonyl (C=O) groups excluding carboxylic acids is 9. The SMILES string of the molecule is CC[C@@H]1O[C@H](O[C@H]2[C@@H](OC(C)=O)[C@H](O[C@@H]3[C@@H](OC(C)=O)[C@H](CC(=O)[C@H](NC(=O)OCc4ccccc4)OC(C)=O)C[C@H](C)[C@H]3O[C@H]3O[C@H](CN=[N+]=[N-])[C@@H](O)[C@H](C)[C@H]3NC(=O)OCc3ccccc3)O[C@@H]2CC)[C@H](NC(=O)OCc2ccccc2)[C@@H](OC(C)=O)[C@@H]1OC(C)=O. The summed E-state index contributed by atoms with van der Waals surface area (Å²) in [4.78, 5) is 124. The molecule has 0 spiro atoms. The van der Waals surface area contributed by atoms with Gasteiger partial charge in [-0.3, -0.25) is 34.1 Å². The summed E-state index contributed by atoms with van der Waals surface area (Å²) in [5.74, 6) is -8.13. The molecule has 30 nitrogen and oxygen atoms in total. The summed E-state index contributed by atoms with van der Waals surface area (Å²) in [5, 5.41) is 23.0. The zero-order chi connectivity index (χ0) is 68.2. The number of hydrogen-bond donors (Lipinski definition) is 4. The first-order chi connectivity index (χ1) is 45.0. The first kappa shape index (κ1) is 72.9. The van der Waals surface area contributed by atoms with Crippen molar-refractivity contribution in [3.8, 4) is 0 Å². The maximum atomic E-state index is 14.6. The van der Waals surface area contributed by atoms with Gasteiger partial charge >= 0.3 is 48.1 Å². The maximum absolute atomic E-state index is 14.6. The van der Waals surface area contributed by atoms with E-state index >= 15 is 0 Å². The first-order valence-corrected chi connectivity index (χ1v) is 30.9. The third-order valence-corrected chi connectivity index (χ3v) is 16.1. The molecule has 0 aromatic heterocycles. The minimum absolute atomic E-state index is 0.0659. The molecule has 1 aliphatic carbocycles. The summed E-state index contributed by atoms with van der Waals surface area (Å²) in [6.07, 6.45) is -25.8. The van der Waals surface area contributed by atoms with Gasteiger partial charge in [-0.1, -0.05) is 124 Å². The third kappa shape index (κ3) is 20.5. The van der Waals surface area contributed by atoms with E-state index in [1.54, 1.807) is 119 Å². The molecular formula is C64H82N6O24. The number of carbonyl (C=O) groups is 9. The summed E-state index contributed by atoms with van der Waals surface area (Å²) >= 11 is 0. The van der Waals surface area contributed by atoms with E-state index in [4.69, 9.17) is 66.3 Å². The number of amides is 3. The maximum Gasteiger partial charge on any atom is 0.410 e. The number of ketones is 1. The van der Waals surface area contributed by atoms with Gasteiger partial charge in [-0.2, -0.15) is 0 Å². The van der Waals surface area contributed by atoms with Crippen LogP contribution in [0.1, 0.15) is 105 Å². The summed E-state index contributed by atoms with van der Waals surface area (Å²) < 4.78 is 85.9. The Balaban J connectivity index is 1.28. The van der Waals surface area contributed by atoms with E-state index in [2.05, 4.69) is 26.0 Å². The van der Waals surface area contributed by atoms with E-state index in [1.807, 2.05) is 0 Å². The van der Waals surface area contributed by atoms with E-state index in [9.17, 15) is 53.8 Å². The van der Waals surface area contributed by atoms with Crippen LogP contribution in [0.4, 0.5) is 14.4 Å². The Morgan fingerprint density at radius 2 is 0.979 bits per heavy atom. The van der Waals surface area contributed by atoms with Crippen LogP contribution in [0.25, 0.3) is 10.4 Å². The van der Waals surface area contributed by atoms with Crippen LogP contribution >= 0.6 is 0 Å². The van der Waals surface area contributed by atoms with Gasteiger partial charge in [0, 0.05) is 57.8 Å². The highest BCUT2D eigenvalue weighted by Crippen LogP contribution is 2.43. The lowest BCUT2D eigenvalue weighted by Gasteiger charge is -2.49. The number of azide groups is 1. The largest absolute Gasteiger partial charge is 0.459 e. The summed E-state index contributed by atoms with van der Waals surface area (Å²) in [6.45, 7) is 11.1. The fourth-order valence-corrected chi connectivity index (χ4v) is 11.8. The lowest BCUT2D eigenvalue weighted by molar-refractivity contribution is -0.312. The molecule has 30 heteroatoms. The van der Waals surface area contributed by atoms with Crippen LogP contribution < -0.4 is 16.0 Å². The van der Waals surface area contributed by atoms with Gasteiger partial charge in [-0.25, -0.2) is 14.4 Å². The zero-order valence-corrected chi connectivity index (χ0v) is 53.5. The average Bonchev–Trinajstić information content (AvgIpc) is 1.28. The predicted octanol–water partition coefficient (Wildman–Crippen LogP) is 6.19. The standard InChI is InChI=1S/C64H82N6O24/c1-10-45-53(85-36(6)72)55(86-37(7)73)49(68-63(79)82-31-41-23-17-13-18-24-41)60(89-45)93-54-46(11-2)90-61(57(54)87-38(8)74)94-56-51(92-59-48(34(4)50(77)47(91-59)29-66-70-65)67-62(78)81-30-40-21-15-12-16-22-40)33(3)27-43(52(56)84-35(5)71)28-44(76)58(88-39(9)75)69-64(80)83-32-42-25-19-14-20-26-42/h12-26,33-34,43,45-61,77H,10-11,27-32H2,1-9H3,(H,67,78)(H,68,79)(H,69,80)/t33-,34+,43-,45-,46+,47+,48+,49+,50-,51+,52-,53+,54+,55+,56-,57+,58+,59+,60+,61-/m0/s1. The zero-order valence-electron chi connectivity index (χ0n) is 53.5. The number of ether oxygens (including phenoxy) is 14. The van der Waals surface area contributed by atoms with E-state index in [0.717, 1.165) is 34.6 Å². The van der Waals surface area contributed by atoms with E-state index in [0.29, 0.717) is 16.7 Å². The van der Waals surface area contributed by atoms with E-state index < -0.39 is 189 Å². The molecule has 3 aromatic rings. The predicted molar refractivity (Wildman–Crippen MR) is 322 cm³/mol. The lowest BCUT2D eigenvalue weighted by atomic mass is 9.74. The van der Waals surface area contributed by atoms with Crippen molar-refractivity contribution in [2.75, 3.05) is 6.54 Å². The van der Waals surface area contributed by atoms with Crippen LogP contribution in [0, 0.1) is 17.8 Å². The highest BCUT2D eigenvalue weighted by molar-refractivity contribution is 5.88. The van der Waals surface area contributed by atoms with Crippen LogP contribution in [-0.2, 0) is 115 Å². The average molecular weight is 1320 g/mol. The number of nitrogens with one attached hydrogen (secondary N) is 3. The van der Waals surface area contributed by atoms with Crippen molar-refractivity contribution in [3.63, 3.8) is 0 Å². The number of aliphatic hydroxyl groups excluding tert-OH is 1. The summed E-state index contributed by atoms with van der Waals surface area (Å²) in [7, 11) is 0. The van der Waals surface area contributed by atoms with Gasteiger partial charge in [0.25, 0.3) is 0 Å². The lowest BCUT2D eigenvalue weighted by Crippen LogP contribution is -2.66. The molecule has 0 radical (unpaired) electrons. The monoisotopic (exact) mass is 1320 g/mol. The first-order valence-electron chi connectivity index (χ1n) is 30.9. The number of hydrogen-bond acceptors (Lipinski definition) is 25. The highest BCUT2D eigenvalue weighted by Gasteiger charge is 2.58. The molecule has 512 valence electrons. The Morgan fingerprint density at radius 3 is 1.49 bits per heavy atom. The molecule has 1 saturated carbocycles. The minimum atomic E-state index is -1.94. The van der Waals surface area contributed by atoms with Crippen molar-refractivity contribution in [3.05, 3.63) is 118 Å². The van der Waals surface area contributed by atoms with Crippen LogP contribution in [0.15, 0.2) is 96.1 Å². The Kier molecular flexibility index (Phi) is 27.3. The molecule has 3 heterocycles. The molecule has 3 aliphatic heterocycles. The molecule has 3 saturated heterocycles. The Bertz CT molecular complexity index is 3090. The number of aliphatic hydroxyl groups is 1. The fourth-order valence-electron chi connectivity index (χ4n) is 11.8. The number of benzene rings is 3. The van der Waals surface area contributed by atoms with Crippen molar-refractivity contribution in [2.24, 2.45) is 22.9 Å². The van der Waals surface area contributed by atoms with Crippen LogP contribution in [0.5, 0.6) is 0 Å². The van der Waals surface area contributed by atoms with Gasteiger partial charge in [-0.15, -0.1) is 0 Å². The van der Waals surface area contributed by atoms with Crippen molar-refractivity contribution in [1.29, 1.82) is 0 Å². The van der Waals surface area contributed by atoms with Gasteiger partial charge in [-0.05, 0) is 47.4 Å². The highest BCUT2D eigenvalue weighted by atomic mass is 16.8. The molecule has 3 aromatic carbocycles. The molecule has 4 N–H and O–H groups in total. The van der Waals surface area contributed by atoms with E-state index in [1.165, 1.54) is 0 Å². The number of Topliss-reactive ketones (excluding diaryl/α,β-unsaturated/α-hetero) is 1. The number of rotatable bonds is 27. The van der Waals surface area contributed by atoms with Gasteiger partial charge < -0.3 is 82.1 Å². The molecule has 20 atom stereocenters. The summed E-state index contributed by atoms with van der Waals surface area (Å²) in [6, 6.07) is 23.3. The number of nitrogens with zero attached hydrogens (tertiary/aromatic N) is 3. The van der Waals surface area contributed by atoms with Gasteiger partial charge in [0.2, 0.25) is 6.23 Å². The molecule has 4 fully saturated rings. The second-order valence-corrected chi connectivity index (χ2v) is 23.1. The third-order valence-electron chi connectivity index (χ3n) is 16.1. The van der Waals surface area contributed by atoms with Crippen molar-refractivity contribution < 1.29 is 115 Å². The Labute approximate surface area is 542 Å². The quantitative estimate of drug-likeness (QED) is 0.0165. The van der Waals surface area contributed by atoms with Crippen molar-refractivity contribution in [2.45, 2.75) is 212 Å². The van der Waals surface area contributed by atoms with Crippen LogP contribution in [-0.4, -0.2) is 170 Å². The normalized spacial score (nSPS) is 29.9. The second kappa shape index (κ2) is 35.1. The topological polar surface area (TPSA) is 388 Å². The smallest absolute Gasteiger partial charge is 0.410 e. The Morgan fingerprint density at radius 1 is 0.543 bits per heavy atom. The molecule has 0 bridgehead atoms. The summed E-state index contributed by atoms with van der Waals surface area (Å²) in [5.41, 5.74) is 11.3. The van der Waals surface area contributed by atoms with Gasteiger partial charge in [0.1, 0.15) is 50.3 Å². The fraction of sp³-hybridized carbons (Fsp3) is 0.578. The van der Waals surface area contributed by atoms with Crippen molar-refractivity contribution in [1.82, 2.24) is 16.0 Å². The van der Waals surface area contributed by atoms with Crippen LogP contribution in [0.2, 0.25) is 0 Å². The van der Waals surface area contributed by atoms with Crippen molar-refractivity contribution >= 4 is 53.9 Å². The molecule has 4 aliphatic rings. The molecule has 94 heavy (non-hydrogen) atoms. The minimum Gasteiger partial charge on any atom is -0.459 e. The number of esters is 5. The Hall–Kier alpha value is -8.48. The molecule has 7 rings (SSSR count). The second-order valence-electron chi connectivity index (χ2n) is 23.1. The van der Waals surface area contributed by atoms with Crippen LogP contribution in [0.3, 0.4) is 0 Å². The molecule has 0 unspecified atom stereocenters. The van der Waals surface area contributed by atoms with Gasteiger partial charge in [0.15, 0.2) is 43.0 Å². The molecular weight excluding hydrogens is 1240 g/mol. The number of alkyl carbamates (subject to hydrolysis) is 3. The van der Waals surface area contributed by atoms with E-state index in [-0.39, 0.29) is 39.1 Å². The van der Waals surface area contributed by atoms with Gasteiger partial charge in [0.05, 0.1) is 37.0 Å². The molecule has 3 amide bonds.